The Labute approximate surface area is 284 Å². The van der Waals surface area contributed by atoms with E-state index in [9.17, 15) is 4.39 Å². The van der Waals surface area contributed by atoms with E-state index in [0.29, 0.717) is 17.3 Å². The first-order chi connectivity index (χ1) is 24.1. The molecule has 2 N–H and O–H groups in total. The Hall–Kier alpha value is -6.02. The second kappa shape index (κ2) is 12.5. The maximum absolute atomic E-state index is 14.2. The van der Waals surface area contributed by atoms with Crippen molar-refractivity contribution in [3.05, 3.63) is 180 Å². The monoisotopic (exact) mass is 646 g/mol. The van der Waals surface area contributed by atoms with E-state index in [-0.39, 0.29) is 23.7 Å². The third-order valence-corrected chi connectivity index (χ3v) is 9.37. The van der Waals surface area contributed by atoms with E-state index < -0.39 is 5.54 Å². The topological polar surface area (TPSA) is 78.5 Å². The van der Waals surface area contributed by atoms with Crippen LogP contribution in [-0.4, -0.2) is 39.7 Å². The van der Waals surface area contributed by atoms with Gasteiger partial charge in [-0.05, 0) is 59.9 Å². The van der Waals surface area contributed by atoms with Gasteiger partial charge in [-0.2, -0.15) is 10.1 Å². The average Bonchev–Trinajstić information content (AvgIpc) is 3.76. The molecule has 4 aromatic carbocycles. The van der Waals surface area contributed by atoms with Crippen LogP contribution < -0.4 is 5.32 Å². The lowest BCUT2D eigenvalue weighted by atomic mass is 9.77. The van der Waals surface area contributed by atoms with Crippen LogP contribution in [-0.2, 0) is 10.3 Å². The summed E-state index contributed by atoms with van der Waals surface area (Å²) >= 11 is 0. The van der Waals surface area contributed by atoms with E-state index in [1.54, 1.807) is 19.2 Å². The number of methoxy groups -OCH3 is 1. The number of aliphatic imine (C=N–C) groups is 1. The zero-order chi connectivity index (χ0) is 33.4. The summed E-state index contributed by atoms with van der Waals surface area (Å²) in [6.45, 7) is 0. The predicted molar refractivity (Wildman–Crippen MR) is 191 cm³/mol. The fraction of sp³-hybridized carbons (Fsp3) is 0.146. The number of nitrogens with zero attached hydrogens (tertiary/aromatic N) is 4. The Balaban J connectivity index is 1.32. The highest BCUT2D eigenvalue weighted by atomic mass is 19.1. The van der Waals surface area contributed by atoms with Crippen LogP contribution in [0.15, 0.2) is 157 Å². The Morgan fingerprint density at radius 1 is 0.878 bits per heavy atom. The molecule has 7 nitrogen and oxygen atoms in total. The third-order valence-electron chi connectivity index (χ3n) is 9.37. The van der Waals surface area contributed by atoms with E-state index in [1.807, 2.05) is 40.2 Å². The molecule has 242 valence electrons. The van der Waals surface area contributed by atoms with Gasteiger partial charge in [0.1, 0.15) is 28.9 Å². The molecular weight excluding hydrogens is 611 g/mol. The van der Waals surface area contributed by atoms with Gasteiger partial charge in [-0.1, -0.05) is 97.1 Å². The van der Waals surface area contributed by atoms with Crippen LogP contribution in [0.25, 0.3) is 16.8 Å². The lowest BCUT2D eigenvalue weighted by Crippen LogP contribution is -2.38. The highest BCUT2D eigenvalue weighted by molar-refractivity contribution is 6.04. The van der Waals surface area contributed by atoms with E-state index >= 15 is 0 Å². The Morgan fingerprint density at radius 3 is 2.02 bits per heavy atom. The standard InChI is InChI=1S/C41H35FN6O/c1-49-40(29-17-18-29)45-39(43)36-25-44-37-24-21-30(26-47(36)37)35-27-48(46-38(35)28-19-22-34(42)23-20-28)41(31-11-5-2-6-12-31,32-13-7-3-8-14-32)33-15-9-4-10-16-33/h2-16,19-27,29,37,43-44H,17-18H2,1H3/b43-39?,45-40-. The Bertz CT molecular complexity index is 2020. The maximum atomic E-state index is 14.2. The van der Waals surface area contributed by atoms with Crippen molar-refractivity contribution in [3.8, 4) is 11.3 Å². The molecule has 0 spiro atoms. The number of halogens is 1. The molecule has 0 bridgehead atoms. The van der Waals surface area contributed by atoms with Crippen molar-refractivity contribution in [1.82, 2.24) is 20.0 Å². The molecule has 1 fully saturated rings. The number of hydrogen-bond donors (Lipinski definition) is 2. The molecular formula is C41H35FN6O. The van der Waals surface area contributed by atoms with Crippen molar-refractivity contribution >= 4 is 17.3 Å². The molecule has 1 aromatic heterocycles. The van der Waals surface area contributed by atoms with Crippen LogP contribution >= 0.6 is 0 Å². The molecule has 8 heteroatoms. The van der Waals surface area contributed by atoms with Gasteiger partial charge >= 0.3 is 0 Å². The molecule has 8 rings (SSSR count). The number of amidine groups is 1. The summed E-state index contributed by atoms with van der Waals surface area (Å²) in [5.74, 6) is 0.710. The average molecular weight is 647 g/mol. The summed E-state index contributed by atoms with van der Waals surface area (Å²) in [5, 5.41) is 17.6. The first-order valence-electron chi connectivity index (χ1n) is 16.5. The number of allylic oxidation sites excluding steroid dienone is 2. The molecule has 0 radical (unpaired) electrons. The molecule has 3 aliphatic rings. The number of hydrogen-bond acceptors (Lipinski definition) is 5. The summed E-state index contributed by atoms with van der Waals surface area (Å²) in [5.41, 5.74) is 6.20. The smallest absolute Gasteiger partial charge is 0.192 e. The van der Waals surface area contributed by atoms with Gasteiger partial charge in [0.15, 0.2) is 11.7 Å². The maximum Gasteiger partial charge on any atom is 0.192 e. The van der Waals surface area contributed by atoms with Crippen molar-refractivity contribution in [1.29, 1.82) is 5.41 Å². The third kappa shape index (κ3) is 5.45. The van der Waals surface area contributed by atoms with Crippen molar-refractivity contribution in [2.24, 2.45) is 10.9 Å². The van der Waals surface area contributed by atoms with Crippen molar-refractivity contribution in [2.45, 2.75) is 24.5 Å². The minimum absolute atomic E-state index is 0.135. The van der Waals surface area contributed by atoms with Crippen LogP contribution in [0.3, 0.4) is 0 Å². The lowest BCUT2D eigenvalue weighted by molar-refractivity contribution is 0.386. The van der Waals surface area contributed by atoms with Gasteiger partial charge in [0.05, 0.1) is 7.11 Å². The summed E-state index contributed by atoms with van der Waals surface area (Å²) in [6, 6.07) is 37.7. The van der Waals surface area contributed by atoms with E-state index in [2.05, 4.69) is 101 Å². The minimum Gasteiger partial charge on any atom is -0.484 e. The Morgan fingerprint density at radius 2 is 1.47 bits per heavy atom. The molecule has 0 saturated heterocycles. The van der Waals surface area contributed by atoms with Crippen LogP contribution in [0.4, 0.5) is 4.39 Å². The summed E-state index contributed by atoms with van der Waals surface area (Å²) in [4.78, 5) is 6.58. The first kappa shape index (κ1) is 30.3. The molecule has 3 heterocycles. The fourth-order valence-electron chi connectivity index (χ4n) is 6.82. The minimum atomic E-state index is -0.839. The van der Waals surface area contributed by atoms with Gasteiger partial charge < -0.3 is 15.0 Å². The molecule has 2 aliphatic heterocycles. The van der Waals surface area contributed by atoms with Crippen LogP contribution in [0, 0.1) is 17.1 Å². The largest absolute Gasteiger partial charge is 0.484 e. The molecule has 5 aromatic rings. The zero-order valence-corrected chi connectivity index (χ0v) is 27.0. The van der Waals surface area contributed by atoms with Crippen molar-refractivity contribution < 1.29 is 9.13 Å². The van der Waals surface area contributed by atoms with Gasteiger partial charge in [0.2, 0.25) is 0 Å². The summed E-state index contributed by atoms with van der Waals surface area (Å²) in [6.07, 6.45) is 12.0. The van der Waals surface area contributed by atoms with Gasteiger partial charge in [0, 0.05) is 41.2 Å². The second-order valence-corrected chi connectivity index (χ2v) is 12.4. The quantitative estimate of drug-likeness (QED) is 0.102. The van der Waals surface area contributed by atoms with E-state index in [4.69, 9.17) is 15.2 Å². The number of ether oxygens (including phenoxy) is 1. The normalized spacial score (nSPS) is 17.2. The van der Waals surface area contributed by atoms with Crippen molar-refractivity contribution in [2.75, 3.05) is 7.11 Å². The summed E-state index contributed by atoms with van der Waals surface area (Å²) < 4.78 is 21.8. The first-order valence-corrected chi connectivity index (χ1v) is 16.5. The molecule has 1 atom stereocenters. The van der Waals surface area contributed by atoms with E-state index in [0.717, 1.165) is 46.2 Å². The lowest BCUT2D eigenvalue weighted by Gasteiger charge is -2.36. The number of rotatable bonds is 8. The van der Waals surface area contributed by atoms with Crippen molar-refractivity contribution in [3.63, 3.8) is 0 Å². The van der Waals surface area contributed by atoms with Gasteiger partial charge in [0.25, 0.3) is 0 Å². The predicted octanol–water partition coefficient (Wildman–Crippen LogP) is 7.94. The molecule has 1 aliphatic carbocycles. The van der Waals surface area contributed by atoms with Crippen LogP contribution in [0.5, 0.6) is 0 Å². The zero-order valence-electron chi connectivity index (χ0n) is 27.0. The van der Waals surface area contributed by atoms with Gasteiger partial charge in [-0.3, -0.25) is 10.1 Å². The van der Waals surface area contributed by atoms with E-state index in [1.165, 1.54) is 12.1 Å². The molecule has 0 amide bonds. The number of benzene rings is 4. The fourth-order valence-corrected chi connectivity index (χ4v) is 6.82. The molecule has 49 heavy (non-hydrogen) atoms. The highest BCUT2D eigenvalue weighted by Crippen LogP contribution is 2.43. The number of nitrogens with one attached hydrogen (secondary N) is 2. The molecule has 1 saturated carbocycles. The molecule has 1 unspecified atom stereocenters. The van der Waals surface area contributed by atoms with Gasteiger partial charge in [-0.15, -0.1) is 0 Å². The van der Waals surface area contributed by atoms with Crippen LogP contribution in [0.2, 0.25) is 0 Å². The summed E-state index contributed by atoms with van der Waals surface area (Å²) in [7, 11) is 1.62. The second-order valence-electron chi connectivity index (χ2n) is 12.4. The van der Waals surface area contributed by atoms with Crippen LogP contribution in [0.1, 0.15) is 35.1 Å². The number of fused-ring (bicyclic) bond motifs is 1. The highest BCUT2D eigenvalue weighted by Gasteiger charge is 2.40. The number of aromatic nitrogens is 2. The Kier molecular flexibility index (Phi) is 7.76. The SMILES string of the molecule is CO/C(=N\C(=N)C1=CNC2C=CC(c3cn(C(c4ccccc4)(c4ccccc4)c4ccccc4)nc3-c3ccc(F)cc3)=CN12)C1CC1. The van der Waals surface area contributed by atoms with Gasteiger partial charge in [-0.25, -0.2) is 4.39 Å².